The lowest BCUT2D eigenvalue weighted by molar-refractivity contribution is -0.114. The number of amidine groups is 2. The first-order valence-corrected chi connectivity index (χ1v) is 12.6. The molecule has 6 nitrogen and oxygen atoms in total. The zero-order chi connectivity index (χ0) is 24.8. The monoisotopic (exact) mass is 529 g/mol. The molecule has 0 radical (unpaired) electrons. The molecule has 3 heterocycles. The van der Waals surface area contributed by atoms with Crippen molar-refractivity contribution in [3.63, 3.8) is 0 Å². The molecule has 4 aromatic rings. The highest BCUT2D eigenvalue weighted by molar-refractivity contribution is 8.27. The first-order valence-electron chi connectivity index (χ1n) is 11.1. The summed E-state index contributed by atoms with van der Waals surface area (Å²) in [7, 11) is 0. The molecule has 1 aromatic heterocycles. The van der Waals surface area contributed by atoms with E-state index in [1.807, 2.05) is 72.9 Å². The zero-order valence-corrected chi connectivity index (χ0v) is 21.0. The Labute approximate surface area is 221 Å². The highest BCUT2D eigenvalue weighted by Crippen LogP contribution is 2.34. The molecule has 1 amide bonds. The van der Waals surface area contributed by atoms with Gasteiger partial charge in [-0.15, -0.1) is 0 Å². The predicted molar refractivity (Wildman–Crippen MR) is 148 cm³/mol. The fourth-order valence-electron chi connectivity index (χ4n) is 4.22. The van der Waals surface area contributed by atoms with E-state index in [4.69, 9.17) is 28.6 Å². The first-order chi connectivity index (χ1) is 17.5. The molecule has 0 saturated carbocycles. The number of amides is 1. The predicted octanol–water partition coefficient (Wildman–Crippen LogP) is 6.66. The Bertz CT molecular complexity index is 1670. The summed E-state index contributed by atoms with van der Waals surface area (Å²) in [6.45, 7) is 0.575. The number of benzene rings is 3. The number of rotatable bonds is 4. The molecule has 0 aliphatic carbocycles. The highest BCUT2D eigenvalue weighted by Gasteiger charge is 2.36. The second-order valence-corrected chi connectivity index (χ2v) is 10.00. The molecule has 0 atom stereocenters. The topological polar surface area (TPSA) is 73.8 Å². The molecule has 2 aliphatic rings. The third-order valence-corrected chi connectivity index (χ3v) is 7.62. The van der Waals surface area contributed by atoms with Gasteiger partial charge in [-0.05, 0) is 41.6 Å². The summed E-state index contributed by atoms with van der Waals surface area (Å²) in [6, 6.07) is 23.0. The van der Waals surface area contributed by atoms with Crippen molar-refractivity contribution in [3.8, 4) is 0 Å². The third kappa shape index (κ3) is 3.95. The van der Waals surface area contributed by atoms with Crippen molar-refractivity contribution in [1.29, 1.82) is 5.41 Å². The number of thioether (sulfide) groups is 1. The van der Waals surface area contributed by atoms with E-state index in [2.05, 4.69) is 14.7 Å². The van der Waals surface area contributed by atoms with Gasteiger partial charge in [0, 0.05) is 39.8 Å². The van der Waals surface area contributed by atoms with Crippen LogP contribution in [-0.2, 0) is 11.3 Å². The van der Waals surface area contributed by atoms with Crippen LogP contribution >= 0.6 is 35.0 Å². The number of aromatic nitrogens is 1. The summed E-state index contributed by atoms with van der Waals surface area (Å²) < 4.78 is 2.09. The summed E-state index contributed by atoms with van der Waals surface area (Å²) in [5, 5.41) is 17.8. The van der Waals surface area contributed by atoms with Gasteiger partial charge in [0.15, 0.2) is 5.84 Å². The number of nitrogens with one attached hydrogen (secondary N) is 1. The smallest absolute Gasteiger partial charge is 0.283 e. The Kier molecular flexibility index (Phi) is 5.76. The molecule has 3 aromatic carbocycles. The minimum Gasteiger partial charge on any atom is -0.342 e. The highest BCUT2D eigenvalue weighted by atomic mass is 35.5. The lowest BCUT2D eigenvalue weighted by atomic mass is 10.1. The van der Waals surface area contributed by atoms with E-state index >= 15 is 0 Å². The average molecular weight is 530 g/mol. The SMILES string of the molecule is N=C1/C(=C\c2cn(Cc3ccccc3Cl)c3ccccc23)C(=O)N=C2SC(c3ccccc3Cl)=NN12. The average Bonchev–Trinajstić information content (AvgIpc) is 3.45. The normalized spacial score (nSPS) is 16.5. The van der Waals surface area contributed by atoms with Crippen LogP contribution in [0, 0.1) is 5.41 Å². The molecule has 0 spiro atoms. The van der Waals surface area contributed by atoms with Gasteiger partial charge >= 0.3 is 0 Å². The van der Waals surface area contributed by atoms with Gasteiger partial charge in [-0.2, -0.15) is 15.1 Å². The zero-order valence-electron chi connectivity index (χ0n) is 18.7. The summed E-state index contributed by atoms with van der Waals surface area (Å²) >= 11 is 14.0. The number of carbonyl (C=O) groups excluding carboxylic acids is 1. The molecule has 6 rings (SSSR count). The molecule has 0 fully saturated rings. The van der Waals surface area contributed by atoms with Crippen molar-refractivity contribution >= 4 is 73.9 Å². The lowest BCUT2D eigenvalue weighted by Crippen LogP contribution is -2.35. The molecular weight excluding hydrogens is 513 g/mol. The van der Waals surface area contributed by atoms with Crippen LogP contribution in [0.4, 0.5) is 0 Å². The van der Waals surface area contributed by atoms with Crippen molar-refractivity contribution in [2.75, 3.05) is 0 Å². The maximum absolute atomic E-state index is 13.0. The van der Waals surface area contributed by atoms with Gasteiger partial charge in [-0.25, -0.2) is 0 Å². The van der Waals surface area contributed by atoms with E-state index in [0.29, 0.717) is 26.8 Å². The van der Waals surface area contributed by atoms with Gasteiger partial charge in [0.2, 0.25) is 5.17 Å². The van der Waals surface area contributed by atoms with E-state index in [1.165, 1.54) is 16.8 Å². The number of para-hydroxylation sites is 1. The molecular formula is C27H17Cl2N5OS. The van der Waals surface area contributed by atoms with Gasteiger partial charge < -0.3 is 4.57 Å². The second-order valence-electron chi connectivity index (χ2n) is 8.23. The van der Waals surface area contributed by atoms with E-state index in [9.17, 15) is 4.79 Å². The number of hydrazone groups is 1. The van der Waals surface area contributed by atoms with Crippen LogP contribution in [0.25, 0.3) is 17.0 Å². The van der Waals surface area contributed by atoms with E-state index in [1.54, 1.807) is 12.1 Å². The fraction of sp³-hybridized carbons (Fsp3) is 0.0370. The molecule has 9 heteroatoms. The molecule has 0 saturated heterocycles. The Balaban J connectivity index is 1.39. The maximum atomic E-state index is 13.0. The molecule has 36 heavy (non-hydrogen) atoms. The van der Waals surface area contributed by atoms with Crippen LogP contribution < -0.4 is 0 Å². The standard InChI is InChI=1S/C27H17Cl2N5OS/c28-21-10-4-1-7-16(21)14-33-15-17(18-8-3-6-12-23(18)33)13-20-24(30)34-27(31-25(20)35)36-26(32-34)19-9-2-5-11-22(19)29/h1-13,15,30H,14H2/b20-13+,30-24?. The molecule has 176 valence electrons. The van der Waals surface area contributed by atoms with E-state index in [-0.39, 0.29) is 11.4 Å². The summed E-state index contributed by atoms with van der Waals surface area (Å²) in [5.41, 5.74) is 3.70. The largest absolute Gasteiger partial charge is 0.342 e. The Morgan fingerprint density at radius 3 is 2.47 bits per heavy atom. The van der Waals surface area contributed by atoms with Crippen molar-refractivity contribution in [2.24, 2.45) is 10.1 Å². The number of aliphatic imine (C=N–C) groups is 1. The number of hydrogen-bond donors (Lipinski definition) is 1. The van der Waals surface area contributed by atoms with Crippen LogP contribution in [0.3, 0.4) is 0 Å². The number of halogens is 2. The third-order valence-electron chi connectivity index (χ3n) is 5.98. The minimum absolute atomic E-state index is 0.0255. The molecule has 0 unspecified atom stereocenters. The van der Waals surface area contributed by atoms with Crippen LogP contribution in [0.1, 0.15) is 16.7 Å². The summed E-state index contributed by atoms with van der Waals surface area (Å²) in [5.74, 6) is -0.500. The molecule has 1 N–H and O–H groups in total. The van der Waals surface area contributed by atoms with Crippen molar-refractivity contribution in [2.45, 2.75) is 6.54 Å². The summed E-state index contributed by atoms with van der Waals surface area (Å²) in [4.78, 5) is 17.2. The van der Waals surface area contributed by atoms with Crippen molar-refractivity contribution < 1.29 is 4.79 Å². The van der Waals surface area contributed by atoms with E-state index in [0.717, 1.165) is 27.6 Å². The maximum Gasteiger partial charge on any atom is 0.283 e. The minimum atomic E-state index is -0.475. The van der Waals surface area contributed by atoms with Gasteiger partial charge in [0.05, 0.1) is 10.6 Å². The van der Waals surface area contributed by atoms with Crippen LogP contribution in [0.5, 0.6) is 0 Å². The summed E-state index contributed by atoms with van der Waals surface area (Å²) in [6.07, 6.45) is 3.68. The van der Waals surface area contributed by atoms with Crippen molar-refractivity contribution in [1.82, 2.24) is 9.58 Å². The van der Waals surface area contributed by atoms with Crippen molar-refractivity contribution in [3.05, 3.63) is 111 Å². The number of carbonyl (C=O) groups is 1. The molecule has 2 aliphatic heterocycles. The van der Waals surface area contributed by atoms with Crippen LogP contribution in [0.2, 0.25) is 10.0 Å². The van der Waals surface area contributed by atoms with Gasteiger partial charge in [0.1, 0.15) is 5.04 Å². The Morgan fingerprint density at radius 1 is 0.944 bits per heavy atom. The quantitative estimate of drug-likeness (QED) is 0.300. The first kappa shape index (κ1) is 22.8. The Hall–Kier alpha value is -3.65. The number of fused-ring (bicyclic) bond motifs is 2. The van der Waals surface area contributed by atoms with Crippen LogP contribution in [-0.4, -0.2) is 31.5 Å². The molecule has 0 bridgehead atoms. The van der Waals surface area contributed by atoms with Gasteiger partial charge in [-0.3, -0.25) is 10.2 Å². The van der Waals surface area contributed by atoms with Gasteiger partial charge in [-0.1, -0.05) is 77.8 Å². The van der Waals surface area contributed by atoms with Crippen LogP contribution in [0.15, 0.2) is 94.7 Å². The lowest BCUT2D eigenvalue weighted by Gasteiger charge is -2.20. The number of hydrogen-bond acceptors (Lipinski definition) is 4. The second kappa shape index (κ2) is 9.09. The number of nitrogens with zero attached hydrogens (tertiary/aromatic N) is 4. The fourth-order valence-corrected chi connectivity index (χ4v) is 5.63. The Morgan fingerprint density at radius 2 is 1.67 bits per heavy atom. The van der Waals surface area contributed by atoms with E-state index < -0.39 is 5.91 Å². The van der Waals surface area contributed by atoms with Gasteiger partial charge in [0.25, 0.3) is 5.91 Å².